The molecule has 0 unspecified atom stereocenters. The summed E-state index contributed by atoms with van der Waals surface area (Å²) in [5.41, 5.74) is 2.25. The number of H-pyrrole nitrogens is 1. The largest absolute Gasteiger partial charge is 0.459 e. The number of hydrogen-bond acceptors (Lipinski definition) is 4. The molecule has 7 nitrogen and oxygen atoms in total. The van der Waals surface area contributed by atoms with Gasteiger partial charge in [-0.25, -0.2) is 4.79 Å². The second-order valence-corrected chi connectivity index (χ2v) is 8.61. The molecule has 0 aliphatic carbocycles. The van der Waals surface area contributed by atoms with Crippen molar-refractivity contribution >= 4 is 17.8 Å². The van der Waals surface area contributed by atoms with Gasteiger partial charge >= 0.3 is 5.97 Å². The highest BCUT2D eigenvalue weighted by atomic mass is 16.5. The molecule has 1 aromatic heterocycles. The number of likely N-dealkylation sites (tertiary alicyclic amines) is 2. The molecule has 0 atom stereocenters. The number of esters is 1. The van der Waals surface area contributed by atoms with E-state index in [2.05, 4.69) is 4.98 Å². The van der Waals surface area contributed by atoms with E-state index >= 15 is 0 Å². The minimum atomic E-state index is -0.393. The van der Waals surface area contributed by atoms with Crippen LogP contribution in [0.25, 0.3) is 0 Å². The van der Waals surface area contributed by atoms with Crippen molar-refractivity contribution in [2.45, 2.75) is 65.9 Å². The maximum absolute atomic E-state index is 13.1. The van der Waals surface area contributed by atoms with E-state index in [0.717, 1.165) is 38.8 Å². The van der Waals surface area contributed by atoms with Crippen LogP contribution in [0.3, 0.4) is 0 Å². The van der Waals surface area contributed by atoms with Crippen molar-refractivity contribution in [3.63, 3.8) is 0 Å². The molecule has 2 aliphatic heterocycles. The van der Waals surface area contributed by atoms with Gasteiger partial charge in [-0.1, -0.05) is 0 Å². The van der Waals surface area contributed by atoms with Crippen molar-refractivity contribution in [3.8, 4) is 0 Å². The molecule has 0 saturated carbocycles. The van der Waals surface area contributed by atoms with Crippen molar-refractivity contribution in [3.05, 3.63) is 22.5 Å². The minimum absolute atomic E-state index is 0.0679. The molecule has 1 N–H and O–H groups in total. The molecular formula is C22H33N3O4. The molecule has 0 bridgehead atoms. The van der Waals surface area contributed by atoms with E-state index in [1.165, 1.54) is 0 Å². The van der Waals surface area contributed by atoms with E-state index in [-0.39, 0.29) is 17.9 Å². The molecule has 160 valence electrons. The zero-order valence-corrected chi connectivity index (χ0v) is 18.0. The lowest BCUT2D eigenvalue weighted by atomic mass is 9.95. The molecular weight excluding hydrogens is 370 g/mol. The summed E-state index contributed by atoms with van der Waals surface area (Å²) in [6.07, 6.45) is 4.36. The number of aryl methyl sites for hydroxylation is 1. The van der Waals surface area contributed by atoms with Crippen molar-refractivity contribution in [2.24, 2.45) is 5.92 Å². The first-order valence-corrected chi connectivity index (χ1v) is 10.7. The molecule has 0 radical (unpaired) electrons. The van der Waals surface area contributed by atoms with E-state index in [1.54, 1.807) is 13.8 Å². The van der Waals surface area contributed by atoms with Gasteiger partial charge in [0.05, 0.1) is 11.7 Å². The average Bonchev–Trinajstić information content (AvgIpc) is 2.97. The first kappa shape index (κ1) is 21.4. The van der Waals surface area contributed by atoms with Gasteiger partial charge in [-0.2, -0.15) is 0 Å². The Balaban J connectivity index is 1.61. The molecule has 1 aromatic rings. The van der Waals surface area contributed by atoms with Crippen molar-refractivity contribution in [1.29, 1.82) is 0 Å². The van der Waals surface area contributed by atoms with Gasteiger partial charge in [-0.05, 0) is 64.9 Å². The number of nitrogens with one attached hydrogen (secondary N) is 1. The molecule has 3 rings (SSSR count). The van der Waals surface area contributed by atoms with Crippen molar-refractivity contribution in [2.75, 3.05) is 26.2 Å². The molecule has 0 spiro atoms. The Labute approximate surface area is 172 Å². The fourth-order valence-electron chi connectivity index (χ4n) is 4.39. The zero-order valence-electron chi connectivity index (χ0n) is 18.0. The third-order valence-corrected chi connectivity index (χ3v) is 6.00. The zero-order chi connectivity index (χ0) is 21.1. The summed E-state index contributed by atoms with van der Waals surface area (Å²) in [4.78, 5) is 44.4. The number of nitrogens with zero attached hydrogens (tertiary/aromatic N) is 2. The Morgan fingerprint density at radius 2 is 1.83 bits per heavy atom. The fourth-order valence-corrected chi connectivity index (χ4v) is 4.39. The van der Waals surface area contributed by atoms with Crippen LogP contribution in [0.1, 0.15) is 78.1 Å². The molecule has 0 aromatic carbocycles. The first-order chi connectivity index (χ1) is 13.8. The Morgan fingerprint density at radius 3 is 2.45 bits per heavy atom. The standard InChI is InChI=1S/C22H33N3O4/c1-14(2)29-22(28)19-15(3)20(23-16(19)4)21(27)24-11-8-17(9-12-24)13-25-10-6-5-7-18(25)26/h14,17,23H,5-13H2,1-4H3. The van der Waals surface area contributed by atoms with Gasteiger partial charge in [0.15, 0.2) is 0 Å². The third kappa shape index (κ3) is 4.82. The molecule has 7 heteroatoms. The number of aromatic nitrogens is 1. The van der Waals surface area contributed by atoms with E-state index in [1.807, 2.05) is 23.6 Å². The Bertz CT molecular complexity index is 775. The van der Waals surface area contributed by atoms with Crippen LogP contribution in [0.5, 0.6) is 0 Å². The number of ether oxygens (including phenoxy) is 1. The smallest absolute Gasteiger partial charge is 0.340 e. The quantitative estimate of drug-likeness (QED) is 0.766. The number of aromatic amines is 1. The number of carbonyl (C=O) groups excluding carboxylic acids is 3. The lowest BCUT2D eigenvalue weighted by Gasteiger charge is -2.36. The molecule has 29 heavy (non-hydrogen) atoms. The van der Waals surface area contributed by atoms with Gasteiger partial charge in [0, 0.05) is 38.3 Å². The maximum atomic E-state index is 13.1. The lowest BCUT2D eigenvalue weighted by molar-refractivity contribution is -0.134. The monoisotopic (exact) mass is 403 g/mol. The average molecular weight is 404 g/mol. The Hall–Kier alpha value is -2.31. The van der Waals surface area contributed by atoms with Crippen molar-refractivity contribution in [1.82, 2.24) is 14.8 Å². The maximum Gasteiger partial charge on any atom is 0.340 e. The molecule has 2 fully saturated rings. The van der Waals surface area contributed by atoms with Gasteiger partial charge in [0.1, 0.15) is 5.69 Å². The Kier molecular flexibility index (Phi) is 6.65. The van der Waals surface area contributed by atoms with Gasteiger partial charge < -0.3 is 19.5 Å². The van der Waals surface area contributed by atoms with Crippen LogP contribution in [0.15, 0.2) is 0 Å². The lowest BCUT2D eigenvalue weighted by Crippen LogP contribution is -2.44. The normalized spacial score (nSPS) is 18.4. The summed E-state index contributed by atoms with van der Waals surface area (Å²) in [6.45, 7) is 10.2. The van der Waals surface area contributed by atoms with E-state index < -0.39 is 5.97 Å². The highest BCUT2D eigenvalue weighted by molar-refractivity contribution is 6.00. The molecule has 2 aliphatic rings. The summed E-state index contributed by atoms with van der Waals surface area (Å²) in [7, 11) is 0. The Morgan fingerprint density at radius 1 is 1.14 bits per heavy atom. The highest BCUT2D eigenvalue weighted by Gasteiger charge is 2.30. The number of rotatable bonds is 5. The summed E-state index contributed by atoms with van der Waals surface area (Å²) < 4.78 is 5.32. The van der Waals surface area contributed by atoms with Gasteiger partial charge in [-0.3, -0.25) is 9.59 Å². The summed E-state index contributed by atoms with van der Waals surface area (Å²) in [5.74, 6) is 0.258. The SMILES string of the molecule is Cc1[nH]c(C(=O)N2CCC(CN3CCCCC3=O)CC2)c(C)c1C(=O)OC(C)C. The fraction of sp³-hybridized carbons (Fsp3) is 0.682. The molecule has 2 amide bonds. The van der Waals surface area contributed by atoms with Gasteiger partial charge in [0.2, 0.25) is 5.91 Å². The molecule has 3 heterocycles. The van der Waals surface area contributed by atoms with Gasteiger partial charge in [0.25, 0.3) is 5.91 Å². The predicted octanol–water partition coefficient (Wildman–Crippen LogP) is 3.06. The van der Waals surface area contributed by atoms with E-state index in [4.69, 9.17) is 4.74 Å². The van der Waals surface area contributed by atoms with Crippen LogP contribution < -0.4 is 0 Å². The first-order valence-electron chi connectivity index (χ1n) is 10.7. The highest BCUT2D eigenvalue weighted by Crippen LogP contribution is 2.25. The number of piperidine rings is 2. The van der Waals surface area contributed by atoms with E-state index in [9.17, 15) is 14.4 Å². The van der Waals surface area contributed by atoms with Crippen LogP contribution in [0.2, 0.25) is 0 Å². The van der Waals surface area contributed by atoms with Crippen LogP contribution >= 0.6 is 0 Å². The number of carbonyl (C=O) groups is 3. The van der Waals surface area contributed by atoms with Crippen LogP contribution in [-0.4, -0.2) is 64.9 Å². The second-order valence-electron chi connectivity index (χ2n) is 8.61. The van der Waals surface area contributed by atoms with Crippen LogP contribution in [0.4, 0.5) is 0 Å². The second kappa shape index (κ2) is 9.01. The number of hydrogen-bond donors (Lipinski definition) is 1. The number of amides is 2. The third-order valence-electron chi connectivity index (χ3n) is 6.00. The van der Waals surface area contributed by atoms with Crippen LogP contribution in [0, 0.1) is 19.8 Å². The van der Waals surface area contributed by atoms with Crippen LogP contribution in [-0.2, 0) is 9.53 Å². The van der Waals surface area contributed by atoms with Crippen molar-refractivity contribution < 1.29 is 19.1 Å². The minimum Gasteiger partial charge on any atom is -0.459 e. The van der Waals surface area contributed by atoms with Gasteiger partial charge in [-0.15, -0.1) is 0 Å². The summed E-state index contributed by atoms with van der Waals surface area (Å²) >= 11 is 0. The topological polar surface area (TPSA) is 82.7 Å². The van der Waals surface area contributed by atoms with E-state index in [0.29, 0.717) is 47.9 Å². The summed E-state index contributed by atoms with van der Waals surface area (Å²) in [6, 6.07) is 0. The molecule has 2 saturated heterocycles. The predicted molar refractivity (Wildman–Crippen MR) is 110 cm³/mol. The summed E-state index contributed by atoms with van der Waals surface area (Å²) in [5, 5.41) is 0.